The number of aromatic nitrogens is 5. The summed E-state index contributed by atoms with van der Waals surface area (Å²) in [5.74, 6) is -1.46. The van der Waals surface area contributed by atoms with Crippen LogP contribution >= 0.6 is 0 Å². The zero-order chi connectivity index (χ0) is 26.4. The average molecular weight is 518 g/mol. The van der Waals surface area contributed by atoms with Crippen molar-refractivity contribution in [3.63, 3.8) is 0 Å². The number of amides is 1. The Balaban J connectivity index is 1.45. The first-order chi connectivity index (χ1) is 17.6. The predicted octanol–water partition coefficient (Wildman–Crippen LogP) is 5.69. The van der Waals surface area contributed by atoms with E-state index in [0.717, 1.165) is 12.1 Å². The molecule has 2 aromatic carbocycles. The average Bonchev–Trinajstić information content (AvgIpc) is 3.48. The molecule has 190 valence electrons. The predicted molar refractivity (Wildman–Crippen MR) is 119 cm³/mol. The summed E-state index contributed by atoms with van der Waals surface area (Å²) in [7, 11) is 0. The minimum Gasteiger partial charge on any atom is -0.325 e. The third kappa shape index (κ3) is 4.63. The number of aromatic amines is 1. The minimum absolute atomic E-state index is 0.112. The largest absolute Gasteiger partial charge is 0.416 e. The van der Waals surface area contributed by atoms with E-state index in [1.54, 1.807) is 12.1 Å². The van der Waals surface area contributed by atoms with Crippen LogP contribution in [-0.4, -0.2) is 31.5 Å². The normalized spacial score (nSPS) is 14.6. The molecule has 0 aliphatic heterocycles. The zero-order valence-corrected chi connectivity index (χ0v) is 18.7. The molecule has 2 heterocycles. The van der Waals surface area contributed by atoms with Crippen molar-refractivity contribution in [1.82, 2.24) is 25.6 Å². The first kappa shape index (κ1) is 24.4. The SMILES string of the molecule is O=C(Nc1ccc(-c2ccc(C(F)F)nc2)c(-c2nnn[nH]2)c1)C1(c2ccc(C(F)(F)F)cc2F)CC1. The highest BCUT2D eigenvalue weighted by atomic mass is 19.4. The summed E-state index contributed by atoms with van der Waals surface area (Å²) >= 11 is 0. The Hall–Kier alpha value is -4.29. The summed E-state index contributed by atoms with van der Waals surface area (Å²) in [6, 6.07) is 9.47. The molecule has 0 atom stereocenters. The fourth-order valence-corrected chi connectivity index (χ4v) is 4.11. The first-order valence-electron chi connectivity index (χ1n) is 10.9. The first-order valence-corrected chi connectivity index (χ1v) is 10.9. The fraction of sp³-hybridized carbons (Fsp3) is 0.208. The Morgan fingerprint density at radius 3 is 2.38 bits per heavy atom. The van der Waals surface area contributed by atoms with E-state index in [4.69, 9.17) is 0 Å². The fourth-order valence-electron chi connectivity index (χ4n) is 4.11. The zero-order valence-electron chi connectivity index (χ0n) is 18.7. The molecule has 37 heavy (non-hydrogen) atoms. The molecular weight excluding hydrogens is 502 g/mol. The van der Waals surface area contributed by atoms with Crippen LogP contribution in [0.1, 0.15) is 36.1 Å². The lowest BCUT2D eigenvalue weighted by molar-refractivity contribution is -0.137. The van der Waals surface area contributed by atoms with Gasteiger partial charge < -0.3 is 5.32 Å². The summed E-state index contributed by atoms with van der Waals surface area (Å²) in [5.41, 5.74) is -1.22. The molecule has 4 aromatic rings. The van der Waals surface area contributed by atoms with Gasteiger partial charge in [-0.15, -0.1) is 5.10 Å². The number of benzene rings is 2. The van der Waals surface area contributed by atoms with Gasteiger partial charge in [0.25, 0.3) is 6.43 Å². The van der Waals surface area contributed by atoms with Gasteiger partial charge in [0.2, 0.25) is 5.91 Å². The number of anilines is 1. The molecule has 0 radical (unpaired) electrons. The van der Waals surface area contributed by atoms with Crippen molar-refractivity contribution in [3.05, 3.63) is 77.4 Å². The van der Waals surface area contributed by atoms with Gasteiger partial charge in [-0.3, -0.25) is 9.78 Å². The molecule has 5 rings (SSSR count). The number of halogens is 6. The Labute approximate surface area is 204 Å². The number of nitrogens with one attached hydrogen (secondary N) is 2. The number of tetrazole rings is 1. The number of rotatable bonds is 6. The highest BCUT2D eigenvalue weighted by Gasteiger charge is 2.53. The molecule has 0 bridgehead atoms. The van der Waals surface area contributed by atoms with Crippen molar-refractivity contribution in [2.75, 3.05) is 5.32 Å². The molecule has 2 N–H and O–H groups in total. The summed E-state index contributed by atoms with van der Waals surface area (Å²) in [5, 5.41) is 16.3. The van der Waals surface area contributed by atoms with E-state index in [0.29, 0.717) is 22.8 Å². The van der Waals surface area contributed by atoms with Crippen molar-refractivity contribution in [3.8, 4) is 22.5 Å². The lowest BCUT2D eigenvalue weighted by Crippen LogP contribution is -2.29. The van der Waals surface area contributed by atoms with E-state index in [1.807, 2.05) is 0 Å². The van der Waals surface area contributed by atoms with Crippen LogP contribution in [0, 0.1) is 5.82 Å². The third-order valence-electron chi connectivity index (χ3n) is 6.20. The minimum atomic E-state index is -4.71. The van der Waals surface area contributed by atoms with Gasteiger partial charge >= 0.3 is 6.18 Å². The van der Waals surface area contributed by atoms with E-state index in [2.05, 4.69) is 30.9 Å². The summed E-state index contributed by atoms with van der Waals surface area (Å²) < 4.78 is 79.2. The molecule has 0 saturated heterocycles. The maximum atomic E-state index is 14.6. The van der Waals surface area contributed by atoms with E-state index in [1.165, 1.54) is 24.4 Å². The standard InChI is InChI=1S/C24H16F6N6O/c25-18-9-13(24(28,29)30)2-5-17(18)23(7-8-23)22(37)32-14-3-4-15(16(10-14)21-33-35-36-34-21)12-1-6-19(20(26)27)31-11-12/h1-6,9-11,20H,7-8H2,(H,32,37)(H,33,34,35,36). The second kappa shape index (κ2) is 8.98. The summed E-state index contributed by atoms with van der Waals surface area (Å²) in [6.07, 6.45) is -5.63. The molecule has 2 aromatic heterocycles. The number of hydrogen-bond acceptors (Lipinski definition) is 5. The third-order valence-corrected chi connectivity index (χ3v) is 6.20. The lowest BCUT2D eigenvalue weighted by atomic mass is 9.92. The van der Waals surface area contributed by atoms with Crippen LogP contribution in [0.25, 0.3) is 22.5 Å². The molecule has 7 nitrogen and oxygen atoms in total. The Morgan fingerprint density at radius 1 is 1.03 bits per heavy atom. The van der Waals surface area contributed by atoms with Crippen LogP contribution in [0.4, 0.5) is 32.0 Å². The number of nitrogens with zero attached hydrogens (tertiary/aromatic N) is 4. The topological polar surface area (TPSA) is 96.5 Å². The number of pyridine rings is 1. The maximum Gasteiger partial charge on any atom is 0.416 e. The Bertz CT molecular complexity index is 1450. The molecule has 1 aliphatic carbocycles. The van der Waals surface area contributed by atoms with Gasteiger partial charge in [0, 0.05) is 28.6 Å². The Kier molecular flexibility index (Phi) is 5.92. The highest BCUT2D eigenvalue weighted by molar-refractivity contribution is 6.02. The monoisotopic (exact) mass is 518 g/mol. The van der Waals surface area contributed by atoms with Gasteiger partial charge in [-0.25, -0.2) is 18.3 Å². The van der Waals surface area contributed by atoms with Gasteiger partial charge in [-0.05, 0) is 59.2 Å². The van der Waals surface area contributed by atoms with E-state index >= 15 is 0 Å². The smallest absolute Gasteiger partial charge is 0.325 e. The lowest BCUT2D eigenvalue weighted by Gasteiger charge is -2.18. The Morgan fingerprint density at radius 2 is 1.81 bits per heavy atom. The van der Waals surface area contributed by atoms with Crippen LogP contribution in [0.15, 0.2) is 54.7 Å². The number of carbonyl (C=O) groups excluding carboxylic acids is 1. The second-order valence-corrected chi connectivity index (χ2v) is 8.51. The molecular formula is C24H16F6N6O. The molecule has 1 aliphatic rings. The van der Waals surface area contributed by atoms with Crippen molar-refractivity contribution >= 4 is 11.6 Å². The summed E-state index contributed by atoms with van der Waals surface area (Å²) in [4.78, 5) is 16.9. The number of carbonyl (C=O) groups is 1. The van der Waals surface area contributed by atoms with E-state index in [-0.39, 0.29) is 35.6 Å². The molecule has 1 saturated carbocycles. The molecule has 1 amide bonds. The van der Waals surface area contributed by atoms with Gasteiger partial charge in [0.15, 0.2) is 5.82 Å². The molecule has 13 heteroatoms. The van der Waals surface area contributed by atoms with Gasteiger partial charge in [0.1, 0.15) is 11.5 Å². The van der Waals surface area contributed by atoms with Crippen molar-refractivity contribution in [1.29, 1.82) is 0 Å². The van der Waals surface area contributed by atoms with Gasteiger partial charge in [-0.1, -0.05) is 18.2 Å². The summed E-state index contributed by atoms with van der Waals surface area (Å²) in [6.45, 7) is 0. The van der Waals surface area contributed by atoms with Crippen LogP contribution < -0.4 is 5.32 Å². The van der Waals surface area contributed by atoms with Crippen molar-refractivity contribution in [2.24, 2.45) is 0 Å². The van der Waals surface area contributed by atoms with Crippen LogP contribution in [0.2, 0.25) is 0 Å². The highest BCUT2D eigenvalue weighted by Crippen LogP contribution is 2.50. The van der Waals surface area contributed by atoms with Crippen molar-refractivity contribution in [2.45, 2.75) is 30.9 Å². The van der Waals surface area contributed by atoms with Crippen molar-refractivity contribution < 1.29 is 31.1 Å². The second-order valence-electron chi connectivity index (χ2n) is 8.51. The van der Waals surface area contributed by atoms with E-state index < -0.39 is 35.3 Å². The molecule has 1 fully saturated rings. The number of H-pyrrole nitrogens is 1. The van der Waals surface area contributed by atoms with Crippen LogP contribution in [0.5, 0.6) is 0 Å². The maximum absolute atomic E-state index is 14.6. The number of alkyl halides is 5. The molecule has 0 spiro atoms. The number of hydrogen-bond donors (Lipinski definition) is 2. The van der Waals surface area contributed by atoms with Gasteiger partial charge in [-0.2, -0.15) is 13.2 Å². The van der Waals surface area contributed by atoms with Crippen LogP contribution in [-0.2, 0) is 16.4 Å². The quantitative estimate of drug-likeness (QED) is 0.320. The van der Waals surface area contributed by atoms with Gasteiger partial charge in [0.05, 0.1) is 11.0 Å². The van der Waals surface area contributed by atoms with E-state index in [9.17, 15) is 31.1 Å². The molecule has 0 unspecified atom stereocenters. The van der Waals surface area contributed by atoms with Crippen LogP contribution in [0.3, 0.4) is 0 Å².